The van der Waals surface area contributed by atoms with Crippen molar-refractivity contribution in [3.05, 3.63) is 79.4 Å². The number of amides is 1. The number of carbonyl (C=O) groups excluding carboxylic acids is 2. The Morgan fingerprint density at radius 1 is 1.24 bits per heavy atom. The summed E-state index contributed by atoms with van der Waals surface area (Å²) >= 11 is 4.66. The number of hydrogen-bond donors (Lipinski definition) is 1. The first-order valence-corrected chi connectivity index (χ1v) is 12.7. The minimum Gasteiger partial charge on any atom is -0.493 e. The molecule has 10 heteroatoms. The molecule has 0 saturated carbocycles. The van der Waals surface area contributed by atoms with Crippen LogP contribution in [0.5, 0.6) is 11.5 Å². The Bertz CT molecular complexity index is 1410. The number of anilines is 1. The summed E-state index contributed by atoms with van der Waals surface area (Å²) in [5, 5.41) is 12.7. The minimum absolute atomic E-state index is 0.0227. The zero-order valence-electron chi connectivity index (χ0n) is 20.6. The smallest absolute Gasteiger partial charge is 0.341 e. The molecule has 3 rings (SSSR count). The Morgan fingerprint density at radius 2 is 1.97 bits per heavy atom. The first-order valence-electron chi connectivity index (χ1n) is 11.1. The maximum absolute atomic E-state index is 14.0. The molecular formula is C27H24BrFN2O5S. The van der Waals surface area contributed by atoms with E-state index < -0.39 is 11.9 Å². The lowest BCUT2D eigenvalue weighted by Crippen LogP contribution is -2.16. The van der Waals surface area contributed by atoms with Crippen LogP contribution in [0.2, 0.25) is 0 Å². The van der Waals surface area contributed by atoms with Gasteiger partial charge in [0.05, 0.1) is 23.8 Å². The zero-order valence-corrected chi connectivity index (χ0v) is 23.0. The summed E-state index contributed by atoms with van der Waals surface area (Å²) in [5.41, 5.74) is 1.66. The van der Waals surface area contributed by atoms with Crippen LogP contribution in [-0.2, 0) is 16.1 Å². The SMILES string of the molecule is CCOC(=O)c1c(NC(=O)/C(C#N)=C/c2cc(Br)c(OCc3ccccc3F)c(OC)c2)sc(C)c1C. The number of nitrogens with one attached hydrogen (secondary N) is 1. The topological polar surface area (TPSA) is 97.7 Å². The molecule has 37 heavy (non-hydrogen) atoms. The summed E-state index contributed by atoms with van der Waals surface area (Å²) in [4.78, 5) is 26.2. The van der Waals surface area contributed by atoms with E-state index in [4.69, 9.17) is 14.2 Å². The molecule has 1 heterocycles. The highest BCUT2D eigenvalue weighted by Crippen LogP contribution is 2.38. The van der Waals surface area contributed by atoms with Crippen LogP contribution >= 0.6 is 27.3 Å². The molecule has 0 radical (unpaired) electrons. The van der Waals surface area contributed by atoms with E-state index in [1.54, 1.807) is 44.2 Å². The fraction of sp³-hybridized carbons (Fsp3) is 0.222. The van der Waals surface area contributed by atoms with Gasteiger partial charge in [-0.2, -0.15) is 5.26 Å². The molecule has 0 aliphatic carbocycles. The van der Waals surface area contributed by atoms with Crippen LogP contribution in [0.1, 0.15) is 38.8 Å². The average Bonchev–Trinajstić information content (AvgIpc) is 3.14. The largest absolute Gasteiger partial charge is 0.493 e. The second-order valence-corrected chi connectivity index (χ2v) is 9.83. The number of hydrogen-bond acceptors (Lipinski definition) is 7. The molecule has 1 amide bonds. The standard InChI is InChI=1S/C27H24BrFN2O5S/c1-5-35-27(33)23-15(2)16(3)37-26(23)31-25(32)19(13-30)10-17-11-20(28)24(22(12-17)34-4)36-14-18-8-6-7-9-21(18)29/h6-12H,5,14H2,1-4H3,(H,31,32)/b19-10+. The summed E-state index contributed by atoms with van der Waals surface area (Å²) in [7, 11) is 1.45. The van der Waals surface area contributed by atoms with Gasteiger partial charge in [0.2, 0.25) is 0 Å². The molecule has 0 bridgehead atoms. The Morgan fingerprint density at radius 3 is 2.62 bits per heavy atom. The van der Waals surface area contributed by atoms with E-state index in [-0.39, 0.29) is 30.2 Å². The number of nitrogens with zero attached hydrogens (tertiary/aromatic N) is 1. The van der Waals surface area contributed by atoms with Crippen molar-refractivity contribution in [1.82, 2.24) is 0 Å². The van der Waals surface area contributed by atoms with Crippen LogP contribution in [0.4, 0.5) is 9.39 Å². The van der Waals surface area contributed by atoms with E-state index in [9.17, 15) is 19.2 Å². The number of rotatable bonds is 9. The molecule has 192 valence electrons. The summed E-state index contributed by atoms with van der Waals surface area (Å²) in [6, 6.07) is 11.4. The third kappa shape index (κ3) is 6.56. The van der Waals surface area contributed by atoms with Gasteiger partial charge in [-0.1, -0.05) is 18.2 Å². The van der Waals surface area contributed by atoms with Gasteiger partial charge in [0, 0.05) is 10.4 Å². The van der Waals surface area contributed by atoms with Crippen molar-refractivity contribution >= 4 is 50.2 Å². The van der Waals surface area contributed by atoms with Crippen LogP contribution in [-0.4, -0.2) is 25.6 Å². The van der Waals surface area contributed by atoms with Crippen molar-refractivity contribution in [3.63, 3.8) is 0 Å². The molecular weight excluding hydrogens is 563 g/mol. The summed E-state index contributed by atoms with van der Waals surface area (Å²) in [5.74, 6) is -0.937. The number of benzene rings is 2. The average molecular weight is 587 g/mol. The highest BCUT2D eigenvalue weighted by Gasteiger charge is 2.23. The van der Waals surface area contributed by atoms with Crippen LogP contribution in [0.15, 0.2) is 46.4 Å². The third-order valence-electron chi connectivity index (χ3n) is 5.35. The van der Waals surface area contributed by atoms with Crippen LogP contribution in [0, 0.1) is 31.0 Å². The molecule has 7 nitrogen and oxygen atoms in total. The van der Waals surface area contributed by atoms with E-state index in [2.05, 4.69) is 21.2 Å². The molecule has 0 aliphatic heterocycles. The van der Waals surface area contributed by atoms with Gasteiger partial charge in [0.25, 0.3) is 5.91 Å². The van der Waals surface area contributed by atoms with Gasteiger partial charge < -0.3 is 19.5 Å². The zero-order chi connectivity index (χ0) is 27.1. The molecule has 0 saturated heterocycles. The summed E-state index contributed by atoms with van der Waals surface area (Å²) in [6.07, 6.45) is 1.39. The number of methoxy groups -OCH3 is 1. The van der Waals surface area contributed by atoms with Gasteiger partial charge in [0.15, 0.2) is 11.5 Å². The van der Waals surface area contributed by atoms with Crippen molar-refractivity contribution in [2.75, 3.05) is 19.0 Å². The van der Waals surface area contributed by atoms with Crippen LogP contribution in [0.3, 0.4) is 0 Å². The van der Waals surface area contributed by atoms with E-state index >= 15 is 0 Å². The van der Waals surface area contributed by atoms with Gasteiger partial charge in [-0.05, 0) is 72.1 Å². The predicted molar refractivity (Wildman–Crippen MR) is 143 cm³/mol. The fourth-order valence-corrected chi connectivity index (χ4v) is 5.00. The normalized spacial score (nSPS) is 11.0. The first-order chi connectivity index (χ1) is 17.7. The number of aryl methyl sites for hydroxylation is 1. The molecule has 0 fully saturated rings. The number of ether oxygens (including phenoxy) is 3. The number of esters is 1. The monoisotopic (exact) mass is 586 g/mol. The lowest BCUT2D eigenvalue weighted by Gasteiger charge is -2.14. The quantitative estimate of drug-likeness (QED) is 0.173. The lowest BCUT2D eigenvalue weighted by atomic mass is 10.1. The van der Waals surface area contributed by atoms with Gasteiger partial charge in [0.1, 0.15) is 29.1 Å². The van der Waals surface area contributed by atoms with E-state index in [1.165, 1.54) is 30.6 Å². The number of carbonyl (C=O) groups is 2. The summed E-state index contributed by atoms with van der Waals surface area (Å²) < 4.78 is 30.8. The predicted octanol–water partition coefficient (Wildman–Crippen LogP) is 6.58. The molecule has 1 N–H and O–H groups in total. The molecule has 1 aromatic heterocycles. The van der Waals surface area contributed by atoms with E-state index in [0.717, 1.165) is 4.88 Å². The summed E-state index contributed by atoms with van der Waals surface area (Å²) in [6.45, 7) is 5.48. The van der Waals surface area contributed by atoms with Gasteiger partial charge in [-0.15, -0.1) is 11.3 Å². The second kappa shape index (κ2) is 12.5. The Kier molecular flexibility index (Phi) is 9.44. The maximum Gasteiger partial charge on any atom is 0.341 e. The molecule has 3 aromatic rings. The molecule has 0 aliphatic rings. The number of nitriles is 1. The highest BCUT2D eigenvalue weighted by molar-refractivity contribution is 9.10. The van der Waals surface area contributed by atoms with Gasteiger partial charge >= 0.3 is 5.97 Å². The highest BCUT2D eigenvalue weighted by atomic mass is 79.9. The molecule has 0 spiro atoms. The lowest BCUT2D eigenvalue weighted by molar-refractivity contribution is -0.112. The minimum atomic E-state index is -0.677. The first kappa shape index (κ1) is 27.9. The van der Waals surface area contributed by atoms with Crippen LogP contribution < -0.4 is 14.8 Å². The van der Waals surface area contributed by atoms with E-state index in [0.29, 0.717) is 37.7 Å². The molecule has 0 unspecified atom stereocenters. The molecule has 2 aromatic carbocycles. The van der Waals surface area contributed by atoms with Gasteiger partial charge in [-0.25, -0.2) is 9.18 Å². The third-order valence-corrected chi connectivity index (χ3v) is 7.06. The van der Waals surface area contributed by atoms with Crippen molar-refractivity contribution in [1.29, 1.82) is 5.26 Å². The van der Waals surface area contributed by atoms with E-state index in [1.807, 2.05) is 13.0 Å². The Hall–Kier alpha value is -3.68. The van der Waals surface area contributed by atoms with Crippen molar-refractivity contribution in [3.8, 4) is 17.6 Å². The fourth-order valence-electron chi connectivity index (χ4n) is 3.38. The van der Waals surface area contributed by atoms with Gasteiger partial charge in [-0.3, -0.25) is 4.79 Å². The number of thiophene rings is 1. The van der Waals surface area contributed by atoms with Crippen molar-refractivity contribution in [2.24, 2.45) is 0 Å². The number of halogens is 2. The maximum atomic E-state index is 14.0. The second-order valence-electron chi connectivity index (χ2n) is 7.75. The Labute approximate surface area is 226 Å². The molecule has 0 atom stereocenters. The van der Waals surface area contributed by atoms with Crippen molar-refractivity contribution in [2.45, 2.75) is 27.4 Å². The Balaban J connectivity index is 1.87. The van der Waals surface area contributed by atoms with Crippen LogP contribution in [0.25, 0.3) is 6.08 Å². The van der Waals surface area contributed by atoms with Crippen molar-refractivity contribution < 1.29 is 28.2 Å².